The third-order valence-electron chi connectivity index (χ3n) is 4.58. The van der Waals surface area contributed by atoms with Gasteiger partial charge in [-0.15, -0.1) is 0 Å². The maximum atomic E-state index is 12.3. The molecule has 0 atom stereocenters. The Morgan fingerprint density at radius 3 is 2.62 bits per heavy atom. The van der Waals surface area contributed by atoms with Crippen molar-refractivity contribution in [2.75, 3.05) is 39.3 Å². The zero-order valence-electron chi connectivity index (χ0n) is 13.8. The molecule has 0 spiro atoms. The standard InChI is InChI=1S/C17H24N4O3/c22-11-10-20-6-8-21(9-7-20)16(23)3-1-2-13-4-5-14-15(12-13)19-17(24)18-14/h4-5,12,22H,1-3,6-11H2,(H2,18,19,24). The summed E-state index contributed by atoms with van der Waals surface area (Å²) in [6, 6.07) is 5.85. The number of fused-ring (bicyclic) bond motifs is 1. The SMILES string of the molecule is O=C(CCCc1ccc2[nH]c(=O)[nH]c2c1)N1CCN(CCO)CC1. The van der Waals surface area contributed by atoms with E-state index in [1.807, 2.05) is 23.1 Å². The Kier molecular flexibility index (Phi) is 5.32. The van der Waals surface area contributed by atoms with Crippen molar-refractivity contribution < 1.29 is 9.90 Å². The number of imidazole rings is 1. The number of H-pyrrole nitrogens is 2. The van der Waals surface area contributed by atoms with Crippen LogP contribution >= 0.6 is 0 Å². The molecular formula is C17H24N4O3. The number of nitrogens with zero attached hydrogens (tertiary/aromatic N) is 2. The number of amides is 1. The Morgan fingerprint density at radius 2 is 1.88 bits per heavy atom. The highest BCUT2D eigenvalue weighted by Gasteiger charge is 2.20. The van der Waals surface area contributed by atoms with Gasteiger partial charge in [0.2, 0.25) is 5.91 Å². The lowest BCUT2D eigenvalue weighted by Gasteiger charge is -2.34. The Balaban J connectivity index is 1.45. The van der Waals surface area contributed by atoms with Gasteiger partial charge in [-0.2, -0.15) is 0 Å². The normalized spacial score (nSPS) is 16.0. The molecule has 1 fully saturated rings. The molecule has 1 amide bonds. The second-order valence-electron chi connectivity index (χ2n) is 6.26. The molecule has 1 aliphatic heterocycles. The number of carbonyl (C=O) groups is 1. The summed E-state index contributed by atoms with van der Waals surface area (Å²) in [5.41, 5.74) is 2.54. The molecule has 7 heteroatoms. The number of aromatic amines is 2. The van der Waals surface area contributed by atoms with Crippen LogP contribution in [0.4, 0.5) is 0 Å². The van der Waals surface area contributed by atoms with Crippen LogP contribution in [-0.2, 0) is 11.2 Å². The van der Waals surface area contributed by atoms with E-state index in [-0.39, 0.29) is 18.2 Å². The van der Waals surface area contributed by atoms with Crippen LogP contribution in [-0.4, -0.2) is 70.1 Å². The van der Waals surface area contributed by atoms with Gasteiger partial charge in [-0.25, -0.2) is 4.79 Å². The summed E-state index contributed by atoms with van der Waals surface area (Å²) in [4.78, 5) is 33.1. The summed E-state index contributed by atoms with van der Waals surface area (Å²) in [5, 5.41) is 8.94. The second-order valence-corrected chi connectivity index (χ2v) is 6.26. The Morgan fingerprint density at radius 1 is 1.12 bits per heavy atom. The van der Waals surface area contributed by atoms with Gasteiger partial charge in [-0.3, -0.25) is 9.69 Å². The first-order chi connectivity index (χ1) is 11.7. The van der Waals surface area contributed by atoms with Crippen molar-refractivity contribution in [3.05, 3.63) is 34.2 Å². The lowest BCUT2D eigenvalue weighted by Crippen LogP contribution is -2.49. The smallest absolute Gasteiger partial charge is 0.323 e. The van der Waals surface area contributed by atoms with Crippen molar-refractivity contribution in [2.45, 2.75) is 19.3 Å². The number of piperazine rings is 1. The second kappa shape index (κ2) is 7.63. The largest absolute Gasteiger partial charge is 0.395 e. The lowest BCUT2D eigenvalue weighted by molar-refractivity contribution is -0.133. The fourth-order valence-corrected chi connectivity index (χ4v) is 3.20. The van der Waals surface area contributed by atoms with Gasteiger partial charge >= 0.3 is 5.69 Å². The number of hydrogen-bond donors (Lipinski definition) is 3. The number of aryl methyl sites for hydroxylation is 1. The summed E-state index contributed by atoms with van der Waals surface area (Å²) in [6.07, 6.45) is 2.16. The lowest BCUT2D eigenvalue weighted by atomic mass is 10.1. The van der Waals surface area contributed by atoms with Crippen molar-refractivity contribution >= 4 is 16.9 Å². The summed E-state index contributed by atoms with van der Waals surface area (Å²) in [6.45, 7) is 4.02. The molecule has 1 aliphatic rings. The van der Waals surface area contributed by atoms with Gasteiger partial charge in [0.25, 0.3) is 0 Å². The van der Waals surface area contributed by atoms with Gasteiger partial charge in [-0.05, 0) is 30.5 Å². The van der Waals surface area contributed by atoms with Crippen molar-refractivity contribution in [1.82, 2.24) is 19.8 Å². The fraction of sp³-hybridized carbons (Fsp3) is 0.529. The molecule has 130 valence electrons. The number of rotatable bonds is 6. The van der Waals surface area contributed by atoms with E-state index >= 15 is 0 Å². The van der Waals surface area contributed by atoms with Crippen molar-refractivity contribution in [3.63, 3.8) is 0 Å². The molecule has 1 saturated heterocycles. The molecule has 1 aromatic carbocycles. The quantitative estimate of drug-likeness (QED) is 0.710. The van der Waals surface area contributed by atoms with Crippen LogP contribution in [0.2, 0.25) is 0 Å². The van der Waals surface area contributed by atoms with Crippen LogP contribution in [0, 0.1) is 0 Å². The fourth-order valence-electron chi connectivity index (χ4n) is 3.20. The molecule has 0 radical (unpaired) electrons. The Bertz CT molecular complexity index is 744. The van der Waals surface area contributed by atoms with E-state index in [9.17, 15) is 9.59 Å². The molecule has 2 heterocycles. The minimum atomic E-state index is -0.197. The summed E-state index contributed by atoms with van der Waals surface area (Å²) >= 11 is 0. The molecule has 7 nitrogen and oxygen atoms in total. The molecule has 0 saturated carbocycles. The van der Waals surface area contributed by atoms with Crippen molar-refractivity contribution in [3.8, 4) is 0 Å². The van der Waals surface area contributed by atoms with E-state index in [4.69, 9.17) is 5.11 Å². The predicted molar refractivity (Wildman–Crippen MR) is 92.0 cm³/mol. The summed E-state index contributed by atoms with van der Waals surface area (Å²) < 4.78 is 0. The molecule has 1 aromatic heterocycles. The maximum Gasteiger partial charge on any atom is 0.323 e. The van der Waals surface area contributed by atoms with Crippen LogP contribution < -0.4 is 5.69 Å². The number of carbonyl (C=O) groups excluding carboxylic acids is 1. The number of β-amino-alcohol motifs (C(OH)–C–C–N with tert-alkyl or cyclic N) is 1. The third-order valence-corrected chi connectivity index (χ3v) is 4.58. The van der Waals surface area contributed by atoms with Crippen molar-refractivity contribution in [1.29, 1.82) is 0 Å². The Hall–Kier alpha value is -2.12. The van der Waals surface area contributed by atoms with E-state index in [1.165, 1.54) is 0 Å². The van der Waals surface area contributed by atoms with Crippen molar-refractivity contribution in [2.24, 2.45) is 0 Å². The number of aliphatic hydroxyl groups excluding tert-OH is 1. The number of aliphatic hydroxyl groups is 1. The number of benzene rings is 1. The van der Waals surface area contributed by atoms with E-state index < -0.39 is 0 Å². The highest BCUT2D eigenvalue weighted by Crippen LogP contribution is 2.13. The molecule has 0 aliphatic carbocycles. The molecule has 3 rings (SSSR count). The average Bonchev–Trinajstić information content (AvgIpc) is 2.95. The van der Waals surface area contributed by atoms with E-state index in [1.54, 1.807) is 0 Å². The first-order valence-corrected chi connectivity index (χ1v) is 8.47. The first-order valence-electron chi connectivity index (χ1n) is 8.47. The predicted octanol–water partition coefficient (Wildman–Crippen LogP) is 0.315. The van der Waals surface area contributed by atoms with Gasteiger partial charge in [0.1, 0.15) is 0 Å². The van der Waals surface area contributed by atoms with E-state index in [0.29, 0.717) is 13.0 Å². The van der Waals surface area contributed by atoms with Gasteiger partial charge in [0, 0.05) is 39.1 Å². The number of nitrogens with one attached hydrogen (secondary N) is 2. The molecule has 3 N–H and O–H groups in total. The summed E-state index contributed by atoms with van der Waals surface area (Å²) in [5.74, 6) is 0.203. The first kappa shape index (κ1) is 16.7. The topological polar surface area (TPSA) is 92.4 Å². The highest BCUT2D eigenvalue weighted by molar-refractivity contribution is 5.76. The number of hydrogen-bond acceptors (Lipinski definition) is 4. The highest BCUT2D eigenvalue weighted by atomic mass is 16.3. The Labute approximate surface area is 140 Å². The monoisotopic (exact) mass is 332 g/mol. The molecule has 0 unspecified atom stereocenters. The van der Waals surface area contributed by atoms with E-state index in [0.717, 1.165) is 55.6 Å². The maximum absolute atomic E-state index is 12.3. The van der Waals surface area contributed by atoms with E-state index in [2.05, 4.69) is 14.9 Å². The van der Waals surface area contributed by atoms with Crippen LogP contribution in [0.15, 0.2) is 23.0 Å². The molecule has 0 bridgehead atoms. The zero-order valence-corrected chi connectivity index (χ0v) is 13.8. The minimum absolute atomic E-state index is 0.171. The third kappa shape index (κ3) is 4.04. The molecule has 2 aromatic rings. The average molecular weight is 332 g/mol. The van der Waals surface area contributed by atoms with Crippen LogP contribution in [0.3, 0.4) is 0 Å². The minimum Gasteiger partial charge on any atom is -0.395 e. The molecular weight excluding hydrogens is 308 g/mol. The molecule has 24 heavy (non-hydrogen) atoms. The van der Waals surface area contributed by atoms with Gasteiger partial charge in [-0.1, -0.05) is 6.07 Å². The van der Waals surface area contributed by atoms with Gasteiger partial charge < -0.3 is 20.0 Å². The number of aromatic nitrogens is 2. The van der Waals surface area contributed by atoms with Crippen LogP contribution in [0.5, 0.6) is 0 Å². The zero-order chi connectivity index (χ0) is 16.9. The van der Waals surface area contributed by atoms with Gasteiger partial charge in [0.15, 0.2) is 0 Å². The summed E-state index contributed by atoms with van der Waals surface area (Å²) in [7, 11) is 0. The van der Waals surface area contributed by atoms with Gasteiger partial charge in [0.05, 0.1) is 17.6 Å². The van der Waals surface area contributed by atoms with Crippen LogP contribution in [0.1, 0.15) is 18.4 Å². The van der Waals surface area contributed by atoms with Crippen LogP contribution in [0.25, 0.3) is 11.0 Å².